The first kappa shape index (κ1) is 14.4. The van der Waals surface area contributed by atoms with Crippen molar-refractivity contribution in [3.05, 3.63) is 31.0 Å². The number of nitrogens with zero attached hydrogens (tertiary/aromatic N) is 4. The molecule has 0 bridgehead atoms. The normalized spacial score (nSPS) is 12.3. The van der Waals surface area contributed by atoms with Crippen LogP contribution in [0.1, 0.15) is 12.8 Å². The third-order valence-electron chi connectivity index (χ3n) is 2.90. The zero-order valence-electron chi connectivity index (χ0n) is 11.6. The van der Waals surface area contributed by atoms with Gasteiger partial charge in [-0.25, -0.2) is 14.6 Å². The second kappa shape index (κ2) is 7.56. The van der Waals surface area contributed by atoms with Crippen LogP contribution >= 0.6 is 0 Å². The Kier molecular flexibility index (Phi) is 5.45. The van der Waals surface area contributed by atoms with Crippen LogP contribution in [0.4, 0.5) is 5.69 Å². The lowest BCUT2D eigenvalue weighted by atomic mass is 10.1. The van der Waals surface area contributed by atoms with Crippen molar-refractivity contribution in [1.82, 2.24) is 19.7 Å². The minimum absolute atomic E-state index is 0.238. The molecule has 0 aliphatic heterocycles. The van der Waals surface area contributed by atoms with Gasteiger partial charge in [-0.3, -0.25) is 0 Å². The van der Waals surface area contributed by atoms with Gasteiger partial charge in [-0.2, -0.15) is 5.10 Å². The van der Waals surface area contributed by atoms with E-state index in [9.17, 15) is 0 Å². The molecule has 0 radical (unpaired) electrons. The van der Waals surface area contributed by atoms with Crippen LogP contribution < -0.4 is 11.1 Å². The van der Waals surface area contributed by atoms with E-state index in [-0.39, 0.29) is 6.04 Å². The molecule has 0 amide bonds. The van der Waals surface area contributed by atoms with Crippen LogP contribution in [0, 0.1) is 0 Å². The van der Waals surface area contributed by atoms with E-state index < -0.39 is 0 Å². The van der Waals surface area contributed by atoms with E-state index in [4.69, 9.17) is 10.5 Å². The molecule has 3 N–H and O–H groups in total. The first-order valence-electron chi connectivity index (χ1n) is 6.60. The number of ether oxygens (including phenoxy) is 1. The molecule has 0 aliphatic rings. The van der Waals surface area contributed by atoms with Crippen molar-refractivity contribution in [1.29, 1.82) is 0 Å². The summed E-state index contributed by atoms with van der Waals surface area (Å²) in [6.45, 7) is 1.33. The third kappa shape index (κ3) is 4.01. The van der Waals surface area contributed by atoms with Gasteiger partial charge in [-0.1, -0.05) is 0 Å². The Labute approximate surface area is 118 Å². The molecule has 0 aliphatic carbocycles. The topological polar surface area (TPSA) is 90.9 Å². The second-order valence-electron chi connectivity index (χ2n) is 4.47. The number of methoxy groups -OCH3 is 1. The molecule has 0 saturated carbocycles. The zero-order chi connectivity index (χ0) is 14.2. The number of hydrogen-bond donors (Lipinski definition) is 2. The van der Waals surface area contributed by atoms with Crippen molar-refractivity contribution in [3.63, 3.8) is 0 Å². The van der Waals surface area contributed by atoms with Gasteiger partial charge in [0.25, 0.3) is 0 Å². The summed E-state index contributed by atoms with van der Waals surface area (Å²) in [6.07, 6.45) is 6.81. The lowest BCUT2D eigenvalue weighted by Crippen LogP contribution is -2.25. The highest BCUT2D eigenvalue weighted by Crippen LogP contribution is 2.12. The smallest absolute Gasteiger partial charge is 0.155 e. The van der Waals surface area contributed by atoms with Gasteiger partial charge in [0.2, 0.25) is 0 Å². The Morgan fingerprint density at radius 3 is 2.95 bits per heavy atom. The van der Waals surface area contributed by atoms with Crippen molar-refractivity contribution < 1.29 is 4.74 Å². The summed E-state index contributed by atoms with van der Waals surface area (Å²) in [4.78, 5) is 8.24. The van der Waals surface area contributed by atoms with E-state index in [1.54, 1.807) is 24.3 Å². The lowest BCUT2D eigenvalue weighted by Gasteiger charge is -2.18. The van der Waals surface area contributed by atoms with E-state index in [0.29, 0.717) is 13.2 Å². The molecule has 0 fully saturated rings. The van der Waals surface area contributed by atoms with Gasteiger partial charge in [0.1, 0.15) is 12.7 Å². The summed E-state index contributed by atoms with van der Waals surface area (Å²) in [6, 6.07) is 4.10. The Balaban J connectivity index is 1.98. The van der Waals surface area contributed by atoms with Crippen molar-refractivity contribution in [2.75, 3.05) is 25.6 Å². The molecule has 2 aromatic heterocycles. The van der Waals surface area contributed by atoms with Gasteiger partial charge in [-0.15, -0.1) is 0 Å². The van der Waals surface area contributed by atoms with Crippen molar-refractivity contribution >= 4 is 5.69 Å². The van der Waals surface area contributed by atoms with Crippen molar-refractivity contribution in [2.45, 2.75) is 18.9 Å². The maximum atomic E-state index is 5.54. The monoisotopic (exact) mass is 276 g/mol. The van der Waals surface area contributed by atoms with E-state index >= 15 is 0 Å². The van der Waals surface area contributed by atoms with Gasteiger partial charge in [0.15, 0.2) is 5.82 Å². The number of nitrogens with one attached hydrogen (secondary N) is 1. The standard InChI is InChI=1S/C13H20N6O/c1-20-8-12(3-2-6-14)18-11-4-5-13(16-7-11)19-10-15-9-17-19/h4-5,7,9-10,12,18H,2-3,6,8,14H2,1H3. The number of hydrogen-bond acceptors (Lipinski definition) is 6. The summed E-state index contributed by atoms with van der Waals surface area (Å²) in [5.74, 6) is 0.735. The maximum Gasteiger partial charge on any atom is 0.155 e. The molecule has 0 saturated heterocycles. The summed E-state index contributed by atoms with van der Waals surface area (Å²) in [5.41, 5.74) is 6.50. The van der Waals surface area contributed by atoms with Crippen LogP contribution in [-0.4, -0.2) is 46.1 Å². The molecule has 0 aromatic carbocycles. The molecule has 0 spiro atoms. The van der Waals surface area contributed by atoms with E-state index in [1.165, 1.54) is 6.33 Å². The Bertz CT molecular complexity index is 484. The van der Waals surface area contributed by atoms with Crippen LogP contribution in [0.2, 0.25) is 0 Å². The molecular weight excluding hydrogens is 256 g/mol. The average molecular weight is 276 g/mol. The number of anilines is 1. The second-order valence-corrected chi connectivity index (χ2v) is 4.47. The highest BCUT2D eigenvalue weighted by molar-refractivity contribution is 5.44. The number of rotatable bonds is 8. The van der Waals surface area contributed by atoms with Gasteiger partial charge >= 0.3 is 0 Å². The quantitative estimate of drug-likeness (QED) is 0.742. The van der Waals surface area contributed by atoms with Crippen LogP contribution in [0.25, 0.3) is 5.82 Å². The fourth-order valence-electron chi connectivity index (χ4n) is 1.93. The van der Waals surface area contributed by atoms with E-state index in [2.05, 4.69) is 20.4 Å². The molecule has 1 unspecified atom stereocenters. The average Bonchev–Trinajstić information content (AvgIpc) is 3.00. The molecule has 108 valence electrons. The largest absolute Gasteiger partial charge is 0.383 e. The highest BCUT2D eigenvalue weighted by Gasteiger charge is 2.08. The predicted molar refractivity (Wildman–Crippen MR) is 76.7 cm³/mol. The molecule has 2 rings (SSSR count). The Morgan fingerprint density at radius 2 is 2.35 bits per heavy atom. The summed E-state index contributed by atoms with van der Waals surface area (Å²) in [7, 11) is 1.70. The number of pyridine rings is 1. The van der Waals surface area contributed by atoms with Gasteiger partial charge in [0, 0.05) is 13.2 Å². The summed E-state index contributed by atoms with van der Waals surface area (Å²) in [5, 5.41) is 7.43. The first-order chi connectivity index (χ1) is 9.83. The molecule has 2 aromatic rings. The van der Waals surface area contributed by atoms with Crippen LogP contribution in [0.5, 0.6) is 0 Å². The van der Waals surface area contributed by atoms with E-state index in [0.717, 1.165) is 24.3 Å². The van der Waals surface area contributed by atoms with Crippen molar-refractivity contribution in [2.24, 2.45) is 5.73 Å². The molecule has 7 nitrogen and oxygen atoms in total. The summed E-state index contributed by atoms with van der Waals surface area (Å²) >= 11 is 0. The van der Waals surface area contributed by atoms with Crippen molar-refractivity contribution in [3.8, 4) is 5.82 Å². The predicted octanol–water partition coefficient (Wildman–Crippen LogP) is 0.828. The molecule has 1 atom stereocenters. The van der Waals surface area contributed by atoms with E-state index in [1.807, 2.05) is 12.1 Å². The highest BCUT2D eigenvalue weighted by atomic mass is 16.5. The Hall–Kier alpha value is -1.99. The molecule has 2 heterocycles. The SMILES string of the molecule is COCC(CCCN)Nc1ccc(-n2cncn2)nc1. The fourth-order valence-corrected chi connectivity index (χ4v) is 1.93. The fraction of sp³-hybridized carbons (Fsp3) is 0.462. The van der Waals surface area contributed by atoms with Crippen LogP contribution in [0.15, 0.2) is 31.0 Å². The van der Waals surface area contributed by atoms with Gasteiger partial charge < -0.3 is 15.8 Å². The third-order valence-corrected chi connectivity index (χ3v) is 2.90. The van der Waals surface area contributed by atoms with Crippen LogP contribution in [-0.2, 0) is 4.74 Å². The minimum atomic E-state index is 0.238. The van der Waals surface area contributed by atoms with Gasteiger partial charge in [0.05, 0.1) is 18.5 Å². The summed E-state index contributed by atoms with van der Waals surface area (Å²) < 4.78 is 6.83. The first-order valence-corrected chi connectivity index (χ1v) is 6.60. The van der Waals surface area contributed by atoms with Gasteiger partial charge in [-0.05, 0) is 31.5 Å². The van der Waals surface area contributed by atoms with Crippen LogP contribution in [0.3, 0.4) is 0 Å². The maximum absolute atomic E-state index is 5.54. The number of aromatic nitrogens is 4. The Morgan fingerprint density at radius 1 is 1.45 bits per heavy atom. The molecular formula is C13H20N6O. The lowest BCUT2D eigenvalue weighted by molar-refractivity contribution is 0.182. The number of nitrogens with two attached hydrogens (primary N) is 1. The molecule has 20 heavy (non-hydrogen) atoms. The molecule has 7 heteroatoms. The zero-order valence-corrected chi connectivity index (χ0v) is 11.6. The minimum Gasteiger partial charge on any atom is -0.383 e.